The van der Waals surface area contributed by atoms with Gasteiger partial charge in [-0.1, -0.05) is 11.3 Å². The second kappa shape index (κ2) is 5.72. The zero-order valence-electron chi connectivity index (χ0n) is 12.8. The van der Waals surface area contributed by atoms with Gasteiger partial charge >= 0.3 is 0 Å². The molecule has 0 spiro atoms. The maximum absolute atomic E-state index is 11.4. The maximum atomic E-state index is 11.4. The fourth-order valence-electron chi connectivity index (χ4n) is 2.34. The lowest BCUT2D eigenvalue weighted by atomic mass is 10.1. The summed E-state index contributed by atoms with van der Waals surface area (Å²) in [7, 11) is -3.92. The molecule has 3 heterocycles. The number of primary sulfonamides is 1. The molecule has 1 aromatic carbocycles. The van der Waals surface area contributed by atoms with Gasteiger partial charge in [-0.3, -0.25) is 10.1 Å². The monoisotopic (exact) mass is 391 g/mol. The number of benzene rings is 1. The largest absolute Gasteiger partial charge is 0.454 e. The molecule has 0 radical (unpaired) electrons. The van der Waals surface area contributed by atoms with Crippen molar-refractivity contribution >= 4 is 32.0 Å². The van der Waals surface area contributed by atoms with Gasteiger partial charge in [-0.15, -0.1) is 5.10 Å². The van der Waals surface area contributed by atoms with E-state index >= 15 is 0 Å². The number of aromatic nitrogens is 3. The van der Waals surface area contributed by atoms with Crippen LogP contribution in [0, 0.1) is 10.1 Å². The third kappa shape index (κ3) is 2.75. The summed E-state index contributed by atoms with van der Waals surface area (Å²) in [6, 6.07) is 9.29. The first kappa shape index (κ1) is 16.4. The lowest BCUT2D eigenvalue weighted by Gasteiger charge is -1.97. The minimum Gasteiger partial charge on any atom is -0.454 e. The molecule has 0 saturated carbocycles. The topological polar surface area (TPSA) is 147 Å². The molecule has 132 valence electrons. The molecule has 10 nitrogen and oxygen atoms in total. The Kier molecular flexibility index (Phi) is 3.61. The summed E-state index contributed by atoms with van der Waals surface area (Å²) in [4.78, 5) is 14.7. The van der Waals surface area contributed by atoms with Crippen LogP contribution in [-0.4, -0.2) is 27.9 Å². The summed E-state index contributed by atoms with van der Waals surface area (Å²) >= 11 is 0.849. The lowest BCUT2D eigenvalue weighted by Crippen LogP contribution is -2.12. The number of nitro groups is 1. The van der Waals surface area contributed by atoms with Crippen LogP contribution >= 0.6 is 11.3 Å². The van der Waals surface area contributed by atoms with Crippen molar-refractivity contribution in [2.24, 2.45) is 5.14 Å². The van der Waals surface area contributed by atoms with Crippen LogP contribution in [0.3, 0.4) is 0 Å². The van der Waals surface area contributed by atoms with E-state index in [1.807, 2.05) is 0 Å². The van der Waals surface area contributed by atoms with Crippen molar-refractivity contribution in [2.45, 2.75) is 4.34 Å². The zero-order chi connectivity index (χ0) is 18.5. The highest BCUT2D eigenvalue weighted by Gasteiger charge is 2.20. The quantitative estimate of drug-likeness (QED) is 0.414. The number of hydrogen-bond acceptors (Lipinski definition) is 8. The Labute approximate surface area is 149 Å². The average molecular weight is 391 g/mol. The fraction of sp³-hybridized carbons (Fsp3) is 0. The molecule has 0 aliphatic carbocycles. The minimum atomic E-state index is -3.92. The smallest absolute Gasteiger partial charge is 0.269 e. The first-order chi connectivity index (χ1) is 12.3. The highest BCUT2D eigenvalue weighted by Crippen LogP contribution is 2.31. The van der Waals surface area contributed by atoms with Crippen LogP contribution in [0.1, 0.15) is 0 Å². The van der Waals surface area contributed by atoms with Gasteiger partial charge in [-0.25, -0.2) is 18.5 Å². The SMILES string of the molecule is NS(=O)(=O)c1nn2c(-c3ccc(-c4ccc([N+](=O)[O-])cc4)o3)cnc2s1. The molecule has 12 heteroatoms. The van der Waals surface area contributed by atoms with Gasteiger partial charge in [-0.2, -0.15) is 4.52 Å². The van der Waals surface area contributed by atoms with E-state index in [2.05, 4.69) is 10.1 Å². The summed E-state index contributed by atoms with van der Waals surface area (Å²) in [6.45, 7) is 0. The van der Waals surface area contributed by atoms with Gasteiger partial charge in [0, 0.05) is 17.7 Å². The average Bonchev–Trinajstić information content (AvgIpc) is 3.29. The van der Waals surface area contributed by atoms with E-state index in [9.17, 15) is 18.5 Å². The molecule has 4 aromatic rings. The molecule has 2 N–H and O–H groups in total. The van der Waals surface area contributed by atoms with Crippen LogP contribution in [0.25, 0.3) is 27.7 Å². The number of nitrogens with two attached hydrogens (primary N) is 1. The van der Waals surface area contributed by atoms with E-state index < -0.39 is 14.9 Å². The number of nitrogens with zero attached hydrogens (tertiary/aromatic N) is 4. The van der Waals surface area contributed by atoms with E-state index in [4.69, 9.17) is 9.56 Å². The van der Waals surface area contributed by atoms with Crippen molar-refractivity contribution in [1.29, 1.82) is 0 Å². The highest BCUT2D eigenvalue weighted by atomic mass is 32.2. The van der Waals surface area contributed by atoms with Crippen molar-refractivity contribution in [3.63, 3.8) is 0 Å². The Hall–Kier alpha value is -3.09. The van der Waals surface area contributed by atoms with E-state index in [1.54, 1.807) is 24.3 Å². The molecule has 26 heavy (non-hydrogen) atoms. The molecule has 0 unspecified atom stereocenters. The van der Waals surface area contributed by atoms with E-state index in [0.717, 1.165) is 11.3 Å². The Bertz CT molecular complexity index is 1240. The number of non-ortho nitro benzene ring substituents is 1. The lowest BCUT2D eigenvalue weighted by molar-refractivity contribution is -0.384. The molecular formula is C14H9N5O5S2. The van der Waals surface area contributed by atoms with Crippen molar-refractivity contribution < 1.29 is 17.8 Å². The van der Waals surface area contributed by atoms with Crippen LogP contribution in [0.15, 0.2) is 51.4 Å². The molecule has 3 aromatic heterocycles. The number of nitro benzene ring substituents is 1. The summed E-state index contributed by atoms with van der Waals surface area (Å²) in [5.74, 6) is 0.906. The fourth-order valence-corrected chi connectivity index (χ4v) is 3.83. The minimum absolute atomic E-state index is 0.0176. The molecule has 0 atom stereocenters. The molecular weight excluding hydrogens is 382 g/mol. The first-order valence-corrected chi connectivity index (χ1v) is 9.41. The third-order valence-electron chi connectivity index (χ3n) is 3.53. The number of rotatable bonds is 4. The Morgan fingerprint density at radius 3 is 2.50 bits per heavy atom. The highest BCUT2D eigenvalue weighted by molar-refractivity contribution is 7.91. The number of furan rings is 1. The van der Waals surface area contributed by atoms with Crippen molar-refractivity contribution in [3.8, 4) is 22.8 Å². The van der Waals surface area contributed by atoms with Gasteiger partial charge < -0.3 is 4.42 Å². The Balaban J connectivity index is 1.73. The summed E-state index contributed by atoms with van der Waals surface area (Å²) in [5.41, 5.74) is 1.10. The van der Waals surface area contributed by atoms with E-state index in [-0.39, 0.29) is 10.0 Å². The van der Waals surface area contributed by atoms with Gasteiger partial charge in [0.05, 0.1) is 11.1 Å². The summed E-state index contributed by atoms with van der Waals surface area (Å²) in [6.07, 6.45) is 1.50. The van der Waals surface area contributed by atoms with Gasteiger partial charge in [-0.05, 0) is 24.3 Å². The van der Waals surface area contributed by atoms with Gasteiger partial charge in [0.25, 0.3) is 15.7 Å². The zero-order valence-corrected chi connectivity index (χ0v) is 14.4. The molecule has 0 fully saturated rings. The van der Waals surface area contributed by atoms with E-state index in [1.165, 1.54) is 22.8 Å². The molecule has 0 amide bonds. The standard InChI is InChI=1S/C14H9N5O5S2/c15-26(22,23)14-17-18-10(7-16-13(18)25-14)12-6-5-11(24-12)8-1-3-9(4-2-8)19(20)21/h1-7H,(H2,15,22,23). The summed E-state index contributed by atoms with van der Waals surface area (Å²) < 4.78 is 29.7. The summed E-state index contributed by atoms with van der Waals surface area (Å²) in [5, 5.41) is 19.8. The predicted octanol–water partition coefficient (Wildman–Crippen LogP) is 2.27. The molecule has 0 bridgehead atoms. The van der Waals surface area contributed by atoms with E-state index in [0.29, 0.717) is 27.7 Å². The maximum Gasteiger partial charge on any atom is 0.269 e. The van der Waals surface area contributed by atoms with Crippen molar-refractivity contribution in [3.05, 3.63) is 52.7 Å². The second-order valence-corrected chi connectivity index (χ2v) is 7.91. The third-order valence-corrected chi connectivity index (χ3v) is 5.76. The Morgan fingerprint density at radius 2 is 1.85 bits per heavy atom. The molecule has 0 aliphatic heterocycles. The van der Waals surface area contributed by atoms with Crippen molar-refractivity contribution in [1.82, 2.24) is 14.6 Å². The van der Waals surface area contributed by atoms with Crippen molar-refractivity contribution in [2.75, 3.05) is 0 Å². The predicted molar refractivity (Wildman–Crippen MR) is 92.0 cm³/mol. The Morgan fingerprint density at radius 1 is 1.15 bits per heavy atom. The second-order valence-electron chi connectivity index (χ2n) is 5.22. The molecule has 4 rings (SSSR count). The van der Waals surface area contributed by atoms with Gasteiger partial charge in [0.2, 0.25) is 9.30 Å². The number of hydrogen-bond donors (Lipinski definition) is 1. The normalized spacial score (nSPS) is 11.9. The first-order valence-electron chi connectivity index (χ1n) is 7.05. The van der Waals surface area contributed by atoms with Gasteiger partial charge in [0.1, 0.15) is 11.5 Å². The number of sulfonamides is 1. The number of fused-ring (bicyclic) bond motifs is 1. The number of imidazole rings is 1. The van der Waals surface area contributed by atoms with Gasteiger partial charge in [0.15, 0.2) is 5.76 Å². The van der Waals surface area contributed by atoms with Crippen LogP contribution < -0.4 is 5.14 Å². The van der Waals surface area contributed by atoms with Crippen LogP contribution in [-0.2, 0) is 10.0 Å². The van der Waals surface area contributed by atoms with Crippen LogP contribution in [0.4, 0.5) is 5.69 Å². The molecule has 0 aliphatic rings. The van der Waals surface area contributed by atoms with Crippen LogP contribution in [0.5, 0.6) is 0 Å². The molecule has 0 saturated heterocycles. The van der Waals surface area contributed by atoms with Crippen LogP contribution in [0.2, 0.25) is 0 Å².